The van der Waals surface area contributed by atoms with Crippen LogP contribution in [-0.2, 0) is 10.2 Å². The average Bonchev–Trinajstić information content (AvgIpc) is 2.39. The molecular formula is C16H24O. The lowest BCUT2D eigenvalue weighted by atomic mass is 9.62. The SMILES string of the molecule is CC(C)C(C)(c1ccccc1)C1CCOCC1. The molecule has 0 aromatic heterocycles. The molecule has 1 unspecified atom stereocenters. The van der Waals surface area contributed by atoms with Crippen molar-refractivity contribution in [2.75, 3.05) is 13.2 Å². The number of ether oxygens (including phenoxy) is 1. The zero-order chi connectivity index (χ0) is 12.3. The molecule has 1 atom stereocenters. The molecular weight excluding hydrogens is 208 g/mol. The fraction of sp³-hybridized carbons (Fsp3) is 0.625. The lowest BCUT2D eigenvalue weighted by Crippen LogP contribution is -2.40. The van der Waals surface area contributed by atoms with Crippen LogP contribution < -0.4 is 0 Å². The van der Waals surface area contributed by atoms with E-state index in [4.69, 9.17) is 4.74 Å². The molecule has 0 amide bonds. The first-order valence-corrected chi connectivity index (χ1v) is 6.79. The van der Waals surface area contributed by atoms with Crippen molar-refractivity contribution < 1.29 is 4.74 Å². The number of rotatable bonds is 3. The largest absolute Gasteiger partial charge is 0.381 e. The highest BCUT2D eigenvalue weighted by molar-refractivity contribution is 5.26. The van der Waals surface area contributed by atoms with Gasteiger partial charge < -0.3 is 4.74 Å². The van der Waals surface area contributed by atoms with Gasteiger partial charge in [-0.3, -0.25) is 0 Å². The highest BCUT2D eigenvalue weighted by atomic mass is 16.5. The number of hydrogen-bond acceptors (Lipinski definition) is 1. The van der Waals surface area contributed by atoms with Crippen LogP contribution in [0.2, 0.25) is 0 Å². The van der Waals surface area contributed by atoms with E-state index in [-0.39, 0.29) is 5.41 Å². The van der Waals surface area contributed by atoms with E-state index in [2.05, 4.69) is 51.1 Å². The Labute approximate surface area is 105 Å². The lowest BCUT2D eigenvalue weighted by Gasteiger charge is -2.43. The summed E-state index contributed by atoms with van der Waals surface area (Å²) in [5.41, 5.74) is 1.77. The minimum atomic E-state index is 0.283. The first-order chi connectivity index (χ1) is 8.15. The highest BCUT2D eigenvalue weighted by Gasteiger charge is 2.39. The molecule has 17 heavy (non-hydrogen) atoms. The van der Waals surface area contributed by atoms with Crippen LogP contribution >= 0.6 is 0 Å². The van der Waals surface area contributed by atoms with Gasteiger partial charge in [0.2, 0.25) is 0 Å². The Balaban J connectivity index is 2.31. The predicted molar refractivity (Wildman–Crippen MR) is 72.2 cm³/mol. The number of benzene rings is 1. The Bertz CT molecular complexity index is 338. The second kappa shape index (κ2) is 5.22. The van der Waals surface area contributed by atoms with Gasteiger partial charge in [0.1, 0.15) is 0 Å². The first-order valence-electron chi connectivity index (χ1n) is 6.79. The maximum atomic E-state index is 5.51. The summed E-state index contributed by atoms with van der Waals surface area (Å²) in [6, 6.07) is 11.0. The van der Waals surface area contributed by atoms with Crippen molar-refractivity contribution in [1.29, 1.82) is 0 Å². The Morgan fingerprint density at radius 2 is 1.71 bits per heavy atom. The first kappa shape index (κ1) is 12.6. The van der Waals surface area contributed by atoms with Crippen LogP contribution in [0.3, 0.4) is 0 Å². The zero-order valence-corrected chi connectivity index (χ0v) is 11.3. The molecule has 1 fully saturated rings. The molecule has 1 aromatic rings. The highest BCUT2D eigenvalue weighted by Crippen LogP contribution is 2.43. The minimum Gasteiger partial charge on any atom is -0.381 e. The van der Waals surface area contributed by atoms with E-state index in [0.29, 0.717) is 5.92 Å². The van der Waals surface area contributed by atoms with Gasteiger partial charge in [-0.15, -0.1) is 0 Å². The summed E-state index contributed by atoms with van der Waals surface area (Å²) in [5, 5.41) is 0. The molecule has 1 saturated heterocycles. The lowest BCUT2D eigenvalue weighted by molar-refractivity contribution is 0.0285. The normalized spacial score (nSPS) is 21.4. The summed E-state index contributed by atoms with van der Waals surface area (Å²) in [6.07, 6.45) is 2.40. The van der Waals surface area contributed by atoms with Crippen LogP contribution in [0.4, 0.5) is 0 Å². The van der Waals surface area contributed by atoms with Crippen LogP contribution in [0.25, 0.3) is 0 Å². The quantitative estimate of drug-likeness (QED) is 0.764. The minimum absolute atomic E-state index is 0.283. The van der Waals surface area contributed by atoms with E-state index in [1.807, 2.05) is 0 Å². The van der Waals surface area contributed by atoms with E-state index in [1.54, 1.807) is 0 Å². The van der Waals surface area contributed by atoms with Crippen molar-refractivity contribution in [1.82, 2.24) is 0 Å². The summed E-state index contributed by atoms with van der Waals surface area (Å²) in [6.45, 7) is 8.99. The van der Waals surface area contributed by atoms with E-state index >= 15 is 0 Å². The van der Waals surface area contributed by atoms with Crippen LogP contribution in [0.1, 0.15) is 39.2 Å². The van der Waals surface area contributed by atoms with Crippen molar-refractivity contribution in [2.45, 2.75) is 39.0 Å². The van der Waals surface area contributed by atoms with Gasteiger partial charge in [-0.05, 0) is 35.7 Å². The van der Waals surface area contributed by atoms with E-state index in [9.17, 15) is 0 Å². The summed E-state index contributed by atoms with van der Waals surface area (Å²) in [4.78, 5) is 0. The maximum absolute atomic E-state index is 5.51. The van der Waals surface area contributed by atoms with E-state index < -0.39 is 0 Å². The van der Waals surface area contributed by atoms with Crippen LogP contribution in [0.15, 0.2) is 30.3 Å². The van der Waals surface area contributed by atoms with Crippen molar-refractivity contribution >= 4 is 0 Å². The molecule has 1 nitrogen and oxygen atoms in total. The fourth-order valence-corrected chi connectivity index (χ4v) is 3.13. The third kappa shape index (κ3) is 2.40. The van der Waals surface area contributed by atoms with E-state index in [0.717, 1.165) is 19.1 Å². The van der Waals surface area contributed by atoms with E-state index in [1.165, 1.54) is 18.4 Å². The molecule has 94 valence electrons. The second-order valence-electron chi connectivity index (χ2n) is 5.69. The molecule has 0 spiro atoms. The Morgan fingerprint density at radius 1 is 1.12 bits per heavy atom. The van der Waals surface area contributed by atoms with Gasteiger partial charge in [-0.2, -0.15) is 0 Å². The molecule has 1 aromatic carbocycles. The van der Waals surface area contributed by atoms with Crippen molar-refractivity contribution in [3.8, 4) is 0 Å². The van der Waals surface area contributed by atoms with Gasteiger partial charge in [0.15, 0.2) is 0 Å². The molecule has 2 rings (SSSR count). The van der Waals surface area contributed by atoms with Gasteiger partial charge in [0.25, 0.3) is 0 Å². The second-order valence-corrected chi connectivity index (χ2v) is 5.69. The standard InChI is InChI=1S/C16H24O/c1-13(2)16(3,14-7-5-4-6-8-14)15-9-11-17-12-10-15/h4-8,13,15H,9-12H2,1-3H3. The fourth-order valence-electron chi connectivity index (χ4n) is 3.13. The maximum Gasteiger partial charge on any atom is 0.0469 e. The summed E-state index contributed by atoms with van der Waals surface area (Å²) in [5.74, 6) is 1.41. The van der Waals surface area contributed by atoms with Gasteiger partial charge in [-0.25, -0.2) is 0 Å². The van der Waals surface area contributed by atoms with Gasteiger partial charge in [0.05, 0.1) is 0 Å². The van der Waals surface area contributed by atoms with Crippen molar-refractivity contribution in [2.24, 2.45) is 11.8 Å². The molecule has 0 aliphatic carbocycles. The molecule has 0 N–H and O–H groups in total. The monoisotopic (exact) mass is 232 g/mol. The summed E-state index contributed by atoms with van der Waals surface area (Å²) < 4.78 is 5.51. The Hall–Kier alpha value is -0.820. The van der Waals surface area contributed by atoms with Crippen LogP contribution in [-0.4, -0.2) is 13.2 Å². The van der Waals surface area contributed by atoms with Crippen LogP contribution in [0, 0.1) is 11.8 Å². The van der Waals surface area contributed by atoms with Gasteiger partial charge in [0, 0.05) is 13.2 Å². The predicted octanol–water partition coefficient (Wildman–Crippen LogP) is 4.03. The van der Waals surface area contributed by atoms with Crippen LogP contribution in [0.5, 0.6) is 0 Å². The molecule has 0 bridgehead atoms. The smallest absolute Gasteiger partial charge is 0.0469 e. The van der Waals surface area contributed by atoms with Crippen molar-refractivity contribution in [3.05, 3.63) is 35.9 Å². The van der Waals surface area contributed by atoms with Crippen molar-refractivity contribution in [3.63, 3.8) is 0 Å². The Morgan fingerprint density at radius 3 is 2.24 bits per heavy atom. The number of hydrogen-bond donors (Lipinski definition) is 0. The molecule has 1 aliphatic rings. The topological polar surface area (TPSA) is 9.23 Å². The van der Waals surface area contributed by atoms with Gasteiger partial charge in [-0.1, -0.05) is 51.1 Å². The molecule has 0 saturated carbocycles. The zero-order valence-electron chi connectivity index (χ0n) is 11.3. The molecule has 0 radical (unpaired) electrons. The van der Waals surface area contributed by atoms with Gasteiger partial charge >= 0.3 is 0 Å². The Kier molecular flexibility index (Phi) is 3.88. The summed E-state index contributed by atoms with van der Waals surface area (Å²) in [7, 11) is 0. The molecule has 1 heterocycles. The molecule has 1 heteroatoms. The third-order valence-electron chi connectivity index (χ3n) is 4.66. The summed E-state index contributed by atoms with van der Waals surface area (Å²) >= 11 is 0. The molecule has 1 aliphatic heterocycles. The third-order valence-corrected chi connectivity index (χ3v) is 4.66. The average molecular weight is 232 g/mol.